The SMILES string of the molecule is COc1ccc2c(Cl)c(C(=O)Nc3ccc(C(=O)N(C)c4ccccc4)cc3)sc2c1. The number of nitrogens with one attached hydrogen (secondary N) is 1. The minimum atomic E-state index is -0.300. The van der Waals surface area contributed by atoms with Gasteiger partial charge in [0.1, 0.15) is 10.6 Å². The maximum atomic E-state index is 12.8. The molecule has 0 unspecified atom stereocenters. The van der Waals surface area contributed by atoms with Crippen molar-refractivity contribution in [1.82, 2.24) is 0 Å². The van der Waals surface area contributed by atoms with E-state index in [1.807, 2.05) is 48.5 Å². The lowest BCUT2D eigenvalue weighted by Gasteiger charge is -2.17. The molecule has 3 aromatic carbocycles. The molecule has 31 heavy (non-hydrogen) atoms. The highest BCUT2D eigenvalue weighted by molar-refractivity contribution is 7.21. The Kier molecular flexibility index (Phi) is 5.93. The molecule has 0 spiro atoms. The Hall–Kier alpha value is -3.35. The fourth-order valence-electron chi connectivity index (χ4n) is 3.17. The summed E-state index contributed by atoms with van der Waals surface area (Å²) in [5, 5.41) is 4.07. The van der Waals surface area contributed by atoms with E-state index >= 15 is 0 Å². The maximum Gasteiger partial charge on any atom is 0.267 e. The molecule has 156 valence electrons. The number of fused-ring (bicyclic) bond motifs is 1. The molecule has 7 heteroatoms. The zero-order valence-electron chi connectivity index (χ0n) is 16.9. The van der Waals surface area contributed by atoms with E-state index in [1.54, 1.807) is 43.3 Å². The molecular formula is C24H19ClN2O3S. The van der Waals surface area contributed by atoms with Crippen LogP contribution in [0, 0.1) is 0 Å². The Morgan fingerprint density at radius 1 is 1.00 bits per heavy atom. The minimum absolute atomic E-state index is 0.134. The van der Waals surface area contributed by atoms with E-state index in [0.717, 1.165) is 15.8 Å². The van der Waals surface area contributed by atoms with E-state index in [0.29, 0.717) is 26.9 Å². The molecule has 1 aromatic heterocycles. The fourth-order valence-corrected chi connectivity index (χ4v) is 4.61. The molecule has 4 aromatic rings. The number of ether oxygens (including phenoxy) is 1. The zero-order chi connectivity index (χ0) is 22.0. The lowest BCUT2D eigenvalue weighted by Crippen LogP contribution is -2.26. The van der Waals surface area contributed by atoms with Crippen LogP contribution in [0.15, 0.2) is 72.8 Å². The van der Waals surface area contributed by atoms with Crippen molar-refractivity contribution in [3.8, 4) is 5.75 Å². The highest BCUT2D eigenvalue weighted by Crippen LogP contribution is 2.37. The van der Waals surface area contributed by atoms with Gasteiger partial charge in [-0.05, 0) is 54.6 Å². The first-order valence-electron chi connectivity index (χ1n) is 9.48. The van der Waals surface area contributed by atoms with Crippen molar-refractivity contribution in [2.75, 3.05) is 24.4 Å². The summed E-state index contributed by atoms with van der Waals surface area (Å²) in [6.07, 6.45) is 0. The summed E-state index contributed by atoms with van der Waals surface area (Å²) in [7, 11) is 3.32. The molecule has 0 aliphatic rings. The Labute approximate surface area is 188 Å². The molecule has 4 rings (SSSR count). The number of thiophene rings is 1. The van der Waals surface area contributed by atoms with Crippen molar-refractivity contribution < 1.29 is 14.3 Å². The minimum Gasteiger partial charge on any atom is -0.497 e. The fraction of sp³-hybridized carbons (Fsp3) is 0.0833. The normalized spacial score (nSPS) is 10.7. The van der Waals surface area contributed by atoms with Crippen LogP contribution in [-0.2, 0) is 0 Å². The molecule has 0 aliphatic carbocycles. The van der Waals surface area contributed by atoms with Gasteiger partial charge in [-0.3, -0.25) is 9.59 Å². The van der Waals surface area contributed by atoms with Gasteiger partial charge in [0.15, 0.2) is 0 Å². The Morgan fingerprint density at radius 3 is 2.39 bits per heavy atom. The molecule has 1 heterocycles. The van der Waals surface area contributed by atoms with Crippen LogP contribution in [0.4, 0.5) is 11.4 Å². The van der Waals surface area contributed by atoms with Crippen LogP contribution >= 0.6 is 22.9 Å². The smallest absolute Gasteiger partial charge is 0.267 e. The maximum absolute atomic E-state index is 12.8. The number of methoxy groups -OCH3 is 1. The number of benzene rings is 3. The average Bonchev–Trinajstić information content (AvgIpc) is 3.15. The third kappa shape index (κ3) is 4.26. The van der Waals surface area contributed by atoms with Gasteiger partial charge in [-0.1, -0.05) is 29.8 Å². The lowest BCUT2D eigenvalue weighted by atomic mass is 10.1. The van der Waals surface area contributed by atoms with Crippen molar-refractivity contribution in [3.05, 3.63) is 88.3 Å². The van der Waals surface area contributed by atoms with E-state index in [1.165, 1.54) is 11.3 Å². The van der Waals surface area contributed by atoms with E-state index < -0.39 is 0 Å². The van der Waals surface area contributed by atoms with E-state index in [9.17, 15) is 9.59 Å². The summed E-state index contributed by atoms with van der Waals surface area (Å²) < 4.78 is 6.11. The Bertz CT molecular complexity index is 1250. The molecule has 5 nitrogen and oxygen atoms in total. The van der Waals surface area contributed by atoms with Gasteiger partial charge >= 0.3 is 0 Å². The molecule has 0 radical (unpaired) electrons. The molecule has 0 saturated carbocycles. The van der Waals surface area contributed by atoms with Gasteiger partial charge in [-0.25, -0.2) is 0 Å². The Morgan fingerprint density at radius 2 is 1.71 bits per heavy atom. The zero-order valence-corrected chi connectivity index (χ0v) is 18.5. The third-order valence-electron chi connectivity index (χ3n) is 4.88. The van der Waals surface area contributed by atoms with Crippen LogP contribution in [0.5, 0.6) is 5.75 Å². The summed E-state index contributed by atoms with van der Waals surface area (Å²) in [6, 6.07) is 21.7. The summed E-state index contributed by atoms with van der Waals surface area (Å²) in [4.78, 5) is 27.5. The second-order valence-corrected chi connectivity index (χ2v) is 8.27. The summed E-state index contributed by atoms with van der Waals surface area (Å²) in [5.41, 5.74) is 1.91. The second-order valence-electron chi connectivity index (χ2n) is 6.84. The van der Waals surface area contributed by atoms with Crippen LogP contribution < -0.4 is 15.0 Å². The van der Waals surface area contributed by atoms with E-state index in [2.05, 4.69) is 5.32 Å². The number of carbonyl (C=O) groups is 2. The number of carbonyl (C=O) groups excluding carboxylic acids is 2. The first kappa shape index (κ1) is 20.9. The van der Waals surface area contributed by atoms with Gasteiger partial charge in [0.25, 0.3) is 11.8 Å². The molecule has 2 amide bonds. The van der Waals surface area contributed by atoms with Gasteiger partial charge < -0.3 is 15.0 Å². The number of nitrogens with zero attached hydrogens (tertiary/aromatic N) is 1. The third-order valence-corrected chi connectivity index (χ3v) is 6.54. The number of anilines is 2. The molecule has 0 bridgehead atoms. The molecule has 0 saturated heterocycles. The van der Waals surface area contributed by atoms with Gasteiger partial charge in [-0.15, -0.1) is 11.3 Å². The monoisotopic (exact) mass is 450 g/mol. The summed E-state index contributed by atoms with van der Waals surface area (Å²) >= 11 is 7.74. The van der Waals surface area contributed by atoms with Gasteiger partial charge in [-0.2, -0.15) is 0 Å². The molecular weight excluding hydrogens is 432 g/mol. The number of hydrogen-bond acceptors (Lipinski definition) is 4. The van der Waals surface area contributed by atoms with Gasteiger partial charge in [0.2, 0.25) is 0 Å². The van der Waals surface area contributed by atoms with Gasteiger partial charge in [0.05, 0.1) is 12.1 Å². The van der Waals surface area contributed by atoms with E-state index in [-0.39, 0.29) is 11.8 Å². The summed E-state index contributed by atoms with van der Waals surface area (Å²) in [6.45, 7) is 0. The molecule has 0 fully saturated rings. The number of rotatable bonds is 5. The summed E-state index contributed by atoms with van der Waals surface area (Å²) in [5.74, 6) is 0.273. The first-order valence-corrected chi connectivity index (χ1v) is 10.7. The quantitative estimate of drug-likeness (QED) is 0.400. The number of halogens is 1. The van der Waals surface area contributed by atoms with Crippen molar-refractivity contribution >= 4 is 56.2 Å². The van der Waals surface area contributed by atoms with Crippen LogP contribution in [0.3, 0.4) is 0 Å². The van der Waals surface area contributed by atoms with E-state index in [4.69, 9.17) is 16.3 Å². The van der Waals surface area contributed by atoms with Crippen LogP contribution in [-0.4, -0.2) is 26.0 Å². The van der Waals surface area contributed by atoms with Crippen LogP contribution in [0.2, 0.25) is 5.02 Å². The lowest BCUT2D eigenvalue weighted by molar-refractivity contribution is 0.0991. The van der Waals surface area contributed by atoms with Crippen molar-refractivity contribution in [2.24, 2.45) is 0 Å². The standard InChI is InChI=1S/C24H19ClN2O3S/c1-27(17-6-4-3-5-7-17)24(29)15-8-10-16(11-9-15)26-23(28)22-21(25)19-13-12-18(30-2)14-20(19)31-22/h3-14H,1-2H3,(H,26,28). The number of amides is 2. The predicted octanol–water partition coefficient (Wildman–Crippen LogP) is 6.09. The highest BCUT2D eigenvalue weighted by Gasteiger charge is 2.18. The second kappa shape index (κ2) is 8.79. The highest BCUT2D eigenvalue weighted by atomic mass is 35.5. The molecule has 0 atom stereocenters. The topological polar surface area (TPSA) is 58.6 Å². The van der Waals surface area contributed by atoms with Crippen molar-refractivity contribution in [1.29, 1.82) is 0 Å². The van der Waals surface area contributed by atoms with Gasteiger partial charge in [0, 0.05) is 34.1 Å². The largest absolute Gasteiger partial charge is 0.497 e. The average molecular weight is 451 g/mol. The number of hydrogen-bond donors (Lipinski definition) is 1. The van der Waals surface area contributed by atoms with Crippen LogP contribution in [0.1, 0.15) is 20.0 Å². The van der Waals surface area contributed by atoms with Crippen molar-refractivity contribution in [3.63, 3.8) is 0 Å². The predicted molar refractivity (Wildman–Crippen MR) is 127 cm³/mol. The van der Waals surface area contributed by atoms with Crippen molar-refractivity contribution in [2.45, 2.75) is 0 Å². The number of para-hydroxylation sites is 1. The first-order chi connectivity index (χ1) is 15.0. The Balaban J connectivity index is 1.50. The molecule has 1 N–H and O–H groups in total. The van der Waals surface area contributed by atoms with Crippen LogP contribution in [0.25, 0.3) is 10.1 Å². The molecule has 0 aliphatic heterocycles.